The molecule has 130 valence electrons. The number of hydrogen-bond donors (Lipinski definition) is 1. The van der Waals surface area contributed by atoms with Gasteiger partial charge in [0.25, 0.3) is 0 Å². The Bertz CT molecular complexity index is 798. The number of aromatic nitrogens is 2. The van der Waals surface area contributed by atoms with Crippen LogP contribution in [0.15, 0.2) is 46.0 Å². The Labute approximate surface area is 149 Å². The molecule has 2 aromatic rings. The minimum absolute atomic E-state index is 0.0745. The Hall–Kier alpha value is -1.71. The van der Waals surface area contributed by atoms with E-state index in [0.717, 1.165) is 4.47 Å². The van der Waals surface area contributed by atoms with E-state index in [1.54, 1.807) is 38.4 Å². The zero-order chi connectivity index (χ0) is 17.7. The molecule has 0 bridgehead atoms. The lowest BCUT2D eigenvalue weighted by Crippen LogP contribution is -2.30. The quantitative estimate of drug-likeness (QED) is 0.752. The minimum atomic E-state index is -3.49. The van der Waals surface area contributed by atoms with Crippen LogP contribution < -0.4 is 5.32 Å². The van der Waals surface area contributed by atoms with Gasteiger partial charge in [0.1, 0.15) is 6.54 Å². The molecule has 7 nitrogen and oxygen atoms in total. The Morgan fingerprint density at radius 2 is 1.88 bits per heavy atom. The van der Waals surface area contributed by atoms with Crippen molar-refractivity contribution in [2.24, 2.45) is 0 Å². The van der Waals surface area contributed by atoms with E-state index < -0.39 is 10.0 Å². The van der Waals surface area contributed by atoms with Gasteiger partial charge in [-0.05, 0) is 40.2 Å². The van der Waals surface area contributed by atoms with Gasteiger partial charge in [-0.15, -0.1) is 0 Å². The molecular weight excluding hydrogens is 396 g/mol. The highest BCUT2D eigenvalue weighted by Gasteiger charge is 2.21. The number of rotatable bonds is 7. The Morgan fingerprint density at radius 3 is 2.38 bits per heavy atom. The number of carbonyl (C=O) groups is 1. The summed E-state index contributed by atoms with van der Waals surface area (Å²) in [5.74, 6) is -0.245. The molecule has 0 aliphatic carbocycles. The predicted molar refractivity (Wildman–Crippen MR) is 95.1 cm³/mol. The zero-order valence-corrected chi connectivity index (χ0v) is 15.8. The Morgan fingerprint density at radius 1 is 1.25 bits per heavy atom. The van der Waals surface area contributed by atoms with Crippen LogP contribution >= 0.6 is 15.9 Å². The summed E-state index contributed by atoms with van der Waals surface area (Å²) in [5, 5.41) is 6.72. The maximum absolute atomic E-state index is 12.4. The molecule has 1 N–H and O–H groups in total. The van der Waals surface area contributed by atoms with Crippen molar-refractivity contribution in [3.63, 3.8) is 0 Å². The second-order valence-electron chi connectivity index (χ2n) is 5.02. The molecule has 1 heterocycles. The van der Waals surface area contributed by atoms with Crippen molar-refractivity contribution in [1.29, 1.82) is 0 Å². The Balaban J connectivity index is 2.05. The molecule has 0 spiro atoms. The maximum Gasteiger partial charge on any atom is 0.246 e. The smallest absolute Gasteiger partial charge is 0.246 e. The third-order valence-corrected chi connectivity index (χ3v) is 5.86. The number of benzene rings is 1. The van der Waals surface area contributed by atoms with Gasteiger partial charge >= 0.3 is 0 Å². The number of sulfonamides is 1. The summed E-state index contributed by atoms with van der Waals surface area (Å²) in [6.45, 7) is 4.49. The first-order valence-electron chi connectivity index (χ1n) is 7.44. The van der Waals surface area contributed by atoms with E-state index >= 15 is 0 Å². The largest absolute Gasteiger partial charge is 0.324 e. The number of carbonyl (C=O) groups excluding carboxylic acids is 1. The van der Waals surface area contributed by atoms with Crippen molar-refractivity contribution in [3.05, 3.63) is 41.1 Å². The highest BCUT2D eigenvalue weighted by Crippen LogP contribution is 2.18. The molecule has 1 aromatic heterocycles. The molecule has 2 rings (SSSR count). The van der Waals surface area contributed by atoms with Crippen molar-refractivity contribution in [2.45, 2.75) is 25.3 Å². The summed E-state index contributed by atoms with van der Waals surface area (Å²) in [6.07, 6.45) is 3.29. The summed E-state index contributed by atoms with van der Waals surface area (Å²) in [5.41, 5.74) is 0.532. The molecule has 0 saturated carbocycles. The fourth-order valence-electron chi connectivity index (χ4n) is 2.20. The minimum Gasteiger partial charge on any atom is -0.324 e. The van der Waals surface area contributed by atoms with Crippen molar-refractivity contribution < 1.29 is 13.2 Å². The first kappa shape index (κ1) is 18.6. The van der Waals surface area contributed by atoms with Crippen molar-refractivity contribution >= 4 is 37.5 Å². The molecule has 0 unspecified atom stereocenters. The molecule has 0 atom stereocenters. The summed E-state index contributed by atoms with van der Waals surface area (Å²) < 4.78 is 28.5. The molecule has 1 amide bonds. The molecule has 0 aliphatic heterocycles. The average Bonchev–Trinajstić information content (AvgIpc) is 2.93. The Kier molecular flexibility index (Phi) is 6.14. The third kappa shape index (κ3) is 4.43. The molecule has 0 radical (unpaired) electrons. The van der Waals surface area contributed by atoms with E-state index in [1.165, 1.54) is 21.1 Å². The van der Waals surface area contributed by atoms with Crippen LogP contribution in [0.5, 0.6) is 0 Å². The number of halogens is 1. The monoisotopic (exact) mass is 414 g/mol. The lowest BCUT2D eigenvalue weighted by molar-refractivity contribution is -0.116. The molecule has 1 aromatic carbocycles. The number of nitrogens with one attached hydrogen (secondary N) is 1. The summed E-state index contributed by atoms with van der Waals surface area (Å²) >= 11 is 3.26. The summed E-state index contributed by atoms with van der Waals surface area (Å²) in [7, 11) is -3.49. The van der Waals surface area contributed by atoms with Crippen molar-refractivity contribution in [1.82, 2.24) is 14.1 Å². The lowest BCUT2D eigenvalue weighted by atomic mass is 10.3. The van der Waals surface area contributed by atoms with E-state index in [2.05, 4.69) is 26.3 Å². The molecule has 9 heteroatoms. The topological polar surface area (TPSA) is 84.3 Å². The number of nitrogens with zero attached hydrogens (tertiary/aromatic N) is 3. The van der Waals surface area contributed by atoms with Crippen LogP contribution in [0, 0.1) is 0 Å². The molecule has 0 fully saturated rings. The van der Waals surface area contributed by atoms with Crippen LogP contribution in [0.2, 0.25) is 0 Å². The highest BCUT2D eigenvalue weighted by atomic mass is 79.9. The van der Waals surface area contributed by atoms with Gasteiger partial charge in [-0.2, -0.15) is 9.40 Å². The fraction of sp³-hybridized carbons (Fsp3) is 0.333. The standard InChI is InChI=1S/C15H19BrN4O3S/c1-3-20(4-2)24(22,23)14-7-5-13(6-8-14)18-15(21)11-19-10-12(16)9-17-19/h5-10H,3-4,11H2,1-2H3,(H,18,21). The van der Waals surface area contributed by atoms with Crippen LogP contribution in [0.4, 0.5) is 5.69 Å². The van der Waals surface area contributed by atoms with Gasteiger partial charge < -0.3 is 5.32 Å². The first-order chi connectivity index (χ1) is 11.4. The van der Waals surface area contributed by atoms with Crippen molar-refractivity contribution in [2.75, 3.05) is 18.4 Å². The number of amides is 1. The van der Waals surface area contributed by atoms with Gasteiger partial charge in [0.15, 0.2) is 0 Å². The molecule has 24 heavy (non-hydrogen) atoms. The van der Waals surface area contributed by atoms with E-state index in [0.29, 0.717) is 18.8 Å². The highest BCUT2D eigenvalue weighted by molar-refractivity contribution is 9.10. The molecular formula is C15H19BrN4O3S. The molecule has 0 saturated heterocycles. The van der Waals surface area contributed by atoms with E-state index in [-0.39, 0.29) is 17.3 Å². The van der Waals surface area contributed by atoms with E-state index in [9.17, 15) is 13.2 Å². The van der Waals surface area contributed by atoms with Gasteiger partial charge in [0.05, 0.1) is 15.6 Å². The van der Waals surface area contributed by atoms with Crippen LogP contribution in [0.3, 0.4) is 0 Å². The van der Waals surface area contributed by atoms with E-state index in [1.807, 2.05) is 0 Å². The van der Waals surface area contributed by atoms with Gasteiger partial charge in [-0.1, -0.05) is 13.8 Å². The summed E-state index contributed by atoms with van der Waals surface area (Å²) in [6, 6.07) is 6.14. The van der Waals surface area contributed by atoms with Crippen LogP contribution in [-0.4, -0.2) is 41.5 Å². The maximum atomic E-state index is 12.4. The second-order valence-corrected chi connectivity index (χ2v) is 7.87. The van der Waals surface area contributed by atoms with Crippen LogP contribution in [0.25, 0.3) is 0 Å². The van der Waals surface area contributed by atoms with Crippen LogP contribution in [0.1, 0.15) is 13.8 Å². The normalized spacial score (nSPS) is 11.7. The third-order valence-electron chi connectivity index (χ3n) is 3.39. The number of hydrogen-bond acceptors (Lipinski definition) is 4. The first-order valence-corrected chi connectivity index (χ1v) is 9.68. The SMILES string of the molecule is CCN(CC)S(=O)(=O)c1ccc(NC(=O)Cn2cc(Br)cn2)cc1. The summed E-state index contributed by atoms with van der Waals surface area (Å²) in [4.78, 5) is 12.2. The van der Waals surface area contributed by atoms with Gasteiger partial charge in [0, 0.05) is 25.0 Å². The lowest BCUT2D eigenvalue weighted by Gasteiger charge is -2.18. The van der Waals surface area contributed by atoms with Gasteiger partial charge in [-0.25, -0.2) is 8.42 Å². The van der Waals surface area contributed by atoms with Crippen molar-refractivity contribution in [3.8, 4) is 0 Å². The van der Waals surface area contributed by atoms with Gasteiger partial charge in [-0.3, -0.25) is 9.48 Å². The van der Waals surface area contributed by atoms with E-state index in [4.69, 9.17) is 0 Å². The predicted octanol–water partition coefficient (Wildman–Crippen LogP) is 2.31. The van der Waals surface area contributed by atoms with Crippen LogP contribution in [-0.2, 0) is 21.4 Å². The fourth-order valence-corrected chi connectivity index (χ4v) is 3.98. The molecule has 0 aliphatic rings. The van der Waals surface area contributed by atoms with Gasteiger partial charge in [0.2, 0.25) is 15.9 Å². The second kappa shape index (κ2) is 7.91. The average molecular weight is 415 g/mol. The zero-order valence-electron chi connectivity index (χ0n) is 13.4. The number of anilines is 1.